The quantitative estimate of drug-likeness (QED) is 0.354. The minimum absolute atomic E-state index is 0.0227. The Hall–Kier alpha value is -3.60. The molecule has 0 atom stereocenters. The van der Waals surface area contributed by atoms with Crippen molar-refractivity contribution in [1.29, 1.82) is 0 Å². The molecule has 1 aliphatic rings. The first-order valence-electron chi connectivity index (χ1n) is 10.1. The van der Waals surface area contributed by atoms with Gasteiger partial charge < -0.3 is 14.4 Å². The number of nitro groups is 1. The second-order valence-corrected chi connectivity index (χ2v) is 7.90. The van der Waals surface area contributed by atoms with Crippen LogP contribution in [0.1, 0.15) is 16.7 Å². The molecular formula is C22H20F3N3O5. The topological polar surface area (TPSA) is 100 Å². The van der Waals surface area contributed by atoms with Crippen molar-refractivity contribution < 1.29 is 27.6 Å². The molecule has 1 saturated heterocycles. The highest BCUT2D eigenvalue weighted by atomic mass is 19.4. The summed E-state index contributed by atoms with van der Waals surface area (Å²) in [4.78, 5) is 26.4. The highest BCUT2D eigenvalue weighted by Gasteiger charge is 2.34. The number of nitrogens with zero attached hydrogens (tertiary/aromatic N) is 3. The van der Waals surface area contributed by atoms with Gasteiger partial charge in [0.25, 0.3) is 5.69 Å². The van der Waals surface area contributed by atoms with Crippen molar-refractivity contribution in [3.8, 4) is 5.75 Å². The summed E-state index contributed by atoms with van der Waals surface area (Å²) in [5.41, 5.74) is -0.539. The second kappa shape index (κ2) is 8.39. The smallest absolute Gasteiger partial charge is 0.416 e. The highest BCUT2D eigenvalue weighted by molar-refractivity contribution is 5.84. The number of alkyl halides is 3. The maximum absolute atomic E-state index is 13.0. The van der Waals surface area contributed by atoms with Gasteiger partial charge in [0.1, 0.15) is 17.0 Å². The molecule has 0 amide bonds. The molecule has 33 heavy (non-hydrogen) atoms. The first-order chi connectivity index (χ1) is 15.5. The van der Waals surface area contributed by atoms with E-state index >= 15 is 0 Å². The van der Waals surface area contributed by atoms with Gasteiger partial charge in [-0.25, -0.2) is 4.79 Å². The number of rotatable bonds is 4. The number of hydrogen-bond acceptors (Lipinski definition) is 7. The largest absolute Gasteiger partial charge is 0.508 e. The summed E-state index contributed by atoms with van der Waals surface area (Å²) in [6.07, 6.45) is -4.66. The Balaban J connectivity index is 1.53. The van der Waals surface area contributed by atoms with E-state index in [-0.39, 0.29) is 11.4 Å². The van der Waals surface area contributed by atoms with Crippen LogP contribution in [0.5, 0.6) is 5.75 Å². The zero-order valence-corrected chi connectivity index (χ0v) is 17.6. The average Bonchev–Trinajstić information content (AvgIpc) is 2.76. The van der Waals surface area contributed by atoms with Crippen LogP contribution in [0.3, 0.4) is 0 Å². The predicted molar refractivity (Wildman–Crippen MR) is 114 cm³/mol. The first-order valence-corrected chi connectivity index (χ1v) is 10.1. The van der Waals surface area contributed by atoms with Crippen molar-refractivity contribution in [2.24, 2.45) is 0 Å². The fourth-order valence-corrected chi connectivity index (χ4v) is 4.05. The van der Waals surface area contributed by atoms with Gasteiger partial charge in [-0.1, -0.05) is 0 Å². The van der Waals surface area contributed by atoms with Gasteiger partial charge in [0.15, 0.2) is 0 Å². The van der Waals surface area contributed by atoms with E-state index < -0.39 is 28.0 Å². The summed E-state index contributed by atoms with van der Waals surface area (Å²) in [6.45, 7) is 3.76. The Labute approximate surface area is 185 Å². The number of benzene rings is 2. The third kappa shape index (κ3) is 4.49. The van der Waals surface area contributed by atoms with E-state index in [2.05, 4.69) is 0 Å². The Morgan fingerprint density at radius 3 is 2.45 bits per heavy atom. The Morgan fingerprint density at radius 1 is 1.12 bits per heavy atom. The highest BCUT2D eigenvalue weighted by Crippen LogP contribution is 2.37. The second-order valence-electron chi connectivity index (χ2n) is 7.90. The molecule has 174 valence electrons. The number of aryl methyl sites for hydroxylation is 1. The van der Waals surface area contributed by atoms with E-state index in [1.54, 1.807) is 17.9 Å². The molecule has 3 aromatic rings. The van der Waals surface area contributed by atoms with Crippen LogP contribution in [-0.4, -0.2) is 41.1 Å². The Kier molecular flexibility index (Phi) is 5.75. The number of halogens is 3. The molecule has 1 aliphatic heterocycles. The zero-order valence-electron chi connectivity index (χ0n) is 17.6. The van der Waals surface area contributed by atoms with Crippen molar-refractivity contribution in [2.75, 3.05) is 31.1 Å². The molecule has 8 nitrogen and oxygen atoms in total. The van der Waals surface area contributed by atoms with Crippen molar-refractivity contribution in [1.82, 2.24) is 4.90 Å². The number of nitro benzene ring substituents is 1. The lowest BCUT2D eigenvalue weighted by Crippen LogP contribution is -2.46. The van der Waals surface area contributed by atoms with Crippen LogP contribution < -0.4 is 10.5 Å². The van der Waals surface area contributed by atoms with Crippen molar-refractivity contribution >= 4 is 22.3 Å². The summed E-state index contributed by atoms with van der Waals surface area (Å²) in [6, 6.07) is 7.16. The molecule has 0 aliphatic carbocycles. The summed E-state index contributed by atoms with van der Waals surface area (Å²) in [5.74, 6) is 0.0227. The molecular weight excluding hydrogens is 443 g/mol. The van der Waals surface area contributed by atoms with E-state index in [1.165, 1.54) is 12.1 Å². The van der Waals surface area contributed by atoms with E-state index in [0.717, 1.165) is 17.7 Å². The maximum atomic E-state index is 13.0. The summed E-state index contributed by atoms with van der Waals surface area (Å²) in [7, 11) is 0. The van der Waals surface area contributed by atoms with Gasteiger partial charge in [-0.2, -0.15) is 13.2 Å². The van der Waals surface area contributed by atoms with Crippen LogP contribution in [0.15, 0.2) is 45.6 Å². The molecule has 1 fully saturated rings. The minimum Gasteiger partial charge on any atom is -0.508 e. The average molecular weight is 463 g/mol. The number of fused-ring (bicyclic) bond motifs is 1. The van der Waals surface area contributed by atoms with Gasteiger partial charge >= 0.3 is 11.8 Å². The molecule has 1 N–H and O–H groups in total. The lowest BCUT2D eigenvalue weighted by atomic mass is 10.1. The van der Waals surface area contributed by atoms with Crippen molar-refractivity contribution in [2.45, 2.75) is 19.6 Å². The van der Waals surface area contributed by atoms with Gasteiger partial charge in [-0.05, 0) is 36.8 Å². The molecule has 0 spiro atoms. The van der Waals surface area contributed by atoms with Gasteiger partial charge in [0.2, 0.25) is 0 Å². The molecule has 0 bridgehead atoms. The van der Waals surface area contributed by atoms with Gasteiger partial charge in [-0.15, -0.1) is 0 Å². The molecule has 4 rings (SSSR count). The summed E-state index contributed by atoms with van der Waals surface area (Å²) in [5, 5.41) is 22.0. The molecule has 11 heteroatoms. The monoisotopic (exact) mass is 463 g/mol. The number of phenols is 1. The molecule has 2 heterocycles. The zero-order chi connectivity index (χ0) is 23.9. The molecule has 1 aromatic heterocycles. The van der Waals surface area contributed by atoms with E-state index in [9.17, 15) is 33.2 Å². The third-order valence-electron chi connectivity index (χ3n) is 5.82. The number of piperazine rings is 1. The number of phenolic OH excluding ortho intramolecular Hbond substituents is 1. The van der Waals surface area contributed by atoms with Crippen LogP contribution in [0, 0.1) is 17.0 Å². The van der Waals surface area contributed by atoms with Crippen molar-refractivity contribution in [3.63, 3.8) is 0 Å². The van der Waals surface area contributed by atoms with E-state index in [1.807, 2.05) is 4.90 Å². The fourth-order valence-electron chi connectivity index (χ4n) is 4.05. The van der Waals surface area contributed by atoms with Crippen LogP contribution in [0.25, 0.3) is 11.0 Å². The third-order valence-corrected chi connectivity index (χ3v) is 5.82. The van der Waals surface area contributed by atoms with E-state index in [0.29, 0.717) is 55.3 Å². The number of hydrogen-bond donors (Lipinski definition) is 1. The molecule has 0 unspecified atom stereocenters. The van der Waals surface area contributed by atoms with Gasteiger partial charge in [-0.3, -0.25) is 15.0 Å². The summed E-state index contributed by atoms with van der Waals surface area (Å²) < 4.78 is 44.2. The SMILES string of the molecule is Cc1c(O)ccc2c(CN3CCN(c4ccc(C(F)(F)F)cc4[N+](=O)[O-])CC3)cc(=O)oc12. The first kappa shape index (κ1) is 22.6. The summed E-state index contributed by atoms with van der Waals surface area (Å²) >= 11 is 0. The molecule has 2 aromatic carbocycles. The van der Waals surface area contributed by atoms with Gasteiger partial charge in [0, 0.05) is 55.8 Å². The minimum atomic E-state index is -4.66. The van der Waals surface area contributed by atoms with Crippen LogP contribution in [0.4, 0.5) is 24.5 Å². The predicted octanol–water partition coefficient (Wildman–Crippen LogP) is 4.06. The Morgan fingerprint density at radius 2 is 1.82 bits per heavy atom. The molecule has 0 saturated carbocycles. The lowest BCUT2D eigenvalue weighted by Gasteiger charge is -2.36. The fraction of sp³-hybridized carbons (Fsp3) is 0.318. The lowest BCUT2D eigenvalue weighted by molar-refractivity contribution is -0.384. The van der Waals surface area contributed by atoms with Gasteiger partial charge in [0.05, 0.1) is 10.5 Å². The Bertz CT molecular complexity index is 1280. The van der Waals surface area contributed by atoms with E-state index in [4.69, 9.17) is 4.42 Å². The van der Waals surface area contributed by atoms with Crippen LogP contribution >= 0.6 is 0 Å². The maximum Gasteiger partial charge on any atom is 0.416 e. The normalized spacial score (nSPS) is 15.2. The van der Waals surface area contributed by atoms with Crippen LogP contribution in [-0.2, 0) is 12.7 Å². The molecule has 0 radical (unpaired) electrons. The number of anilines is 1. The van der Waals surface area contributed by atoms with Crippen LogP contribution in [0.2, 0.25) is 0 Å². The number of aromatic hydroxyl groups is 1. The standard InChI is InChI=1S/C22H20F3N3O5/c1-13-19(29)5-3-16-14(10-20(30)33-21(13)16)12-26-6-8-27(9-7-26)17-4-2-15(22(23,24)25)11-18(17)28(31)32/h2-5,10-11,29H,6-9,12H2,1H3. The van der Waals surface area contributed by atoms with Crippen molar-refractivity contribution in [3.05, 3.63) is 73.6 Å².